The second-order valence-corrected chi connectivity index (χ2v) is 6.60. The maximum Gasteiger partial charge on any atom is 0.251 e. The lowest BCUT2D eigenvalue weighted by Crippen LogP contribution is -2.26. The van der Waals surface area contributed by atoms with Crippen LogP contribution in [0.2, 0.25) is 0 Å². The largest absolute Gasteiger partial charge is 0.495 e. The zero-order chi connectivity index (χ0) is 19.2. The number of aromatic nitrogens is 2. The third kappa shape index (κ3) is 4.72. The Balaban J connectivity index is 1.80. The first-order valence-corrected chi connectivity index (χ1v) is 9.04. The highest BCUT2D eigenvalue weighted by molar-refractivity contribution is 9.10. The lowest BCUT2D eigenvalue weighted by Gasteiger charge is -2.12. The predicted molar refractivity (Wildman–Crippen MR) is 108 cm³/mol. The van der Waals surface area contributed by atoms with Crippen LogP contribution in [0, 0.1) is 0 Å². The molecule has 27 heavy (non-hydrogen) atoms. The molecule has 3 aromatic rings. The van der Waals surface area contributed by atoms with Crippen LogP contribution in [0.25, 0.3) is 10.9 Å². The minimum Gasteiger partial charge on any atom is -0.495 e. The van der Waals surface area contributed by atoms with Gasteiger partial charge in [-0.25, -0.2) is 9.97 Å². The summed E-state index contributed by atoms with van der Waals surface area (Å²) in [6, 6.07) is 10.9. The molecule has 0 saturated carbocycles. The summed E-state index contributed by atoms with van der Waals surface area (Å²) in [7, 11) is 3.13. The van der Waals surface area contributed by atoms with E-state index < -0.39 is 0 Å². The fourth-order valence-electron chi connectivity index (χ4n) is 2.49. The van der Waals surface area contributed by atoms with Gasteiger partial charge in [0, 0.05) is 35.3 Å². The molecule has 0 spiro atoms. The molecule has 0 aliphatic heterocycles. The second-order valence-electron chi connectivity index (χ2n) is 5.69. The van der Waals surface area contributed by atoms with Crippen molar-refractivity contribution in [2.45, 2.75) is 0 Å². The number of anilines is 2. The molecule has 2 N–H and O–H groups in total. The Kier molecular flexibility index (Phi) is 6.20. The van der Waals surface area contributed by atoms with Crippen molar-refractivity contribution in [1.29, 1.82) is 0 Å². The van der Waals surface area contributed by atoms with Crippen LogP contribution >= 0.6 is 15.9 Å². The molecule has 0 saturated heterocycles. The summed E-state index contributed by atoms with van der Waals surface area (Å²) in [5.41, 5.74) is 1.99. The number of nitrogens with zero attached hydrogens (tertiary/aromatic N) is 2. The summed E-state index contributed by atoms with van der Waals surface area (Å²) in [5, 5.41) is 6.85. The Labute approximate surface area is 165 Å². The van der Waals surface area contributed by atoms with E-state index in [9.17, 15) is 4.79 Å². The molecule has 1 heterocycles. The van der Waals surface area contributed by atoms with E-state index in [1.165, 1.54) is 0 Å². The molecule has 0 fully saturated rings. The lowest BCUT2D eigenvalue weighted by molar-refractivity contribution is 0.0937. The minimum atomic E-state index is -0.190. The van der Waals surface area contributed by atoms with Gasteiger partial charge in [-0.3, -0.25) is 4.79 Å². The summed E-state index contributed by atoms with van der Waals surface area (Å²) in [6.07, 6.45) is 1.75. The highest BCUT2D eigenvalue weighted by Gasteiger charge is 2.11. The van der Waals surface area contributed by atoms with Crippen LogP contribution in [0.1, 0.15) is 10.4 Å². The fourth-order valence-corrected chi connectivity index (χ4v) is 2.87. The van der Waals surface area contributed by atoms with Crippen LogP contribution in [-0.2, 0) is 4.74 Å². The molecular formula is C19H19BrN4O3. The van der Waals surface area contributed by atoms with Crippen molar-refractivity contribution in [2.75, 3.05) is 32.7 Å². The molecule has 0 atom stereocenters. The zero-order valence-electron chi connectivity index (χ0n) is 15.0. The fraction of sp³-hybridized carbons (Fsp3) is 0.211. The molecule has 0 aliphatic rings. The number of nitrogens with one attached hydrogen (secondary N) is 2. The van der Waals surface area contributed by atoms with Gasteiger partial charge in [0.1, 0.15) is 5.75 Å². The molecule has 0 bridgehead atoms. The molecule has 0 unspecified atom stereocenters. The molecule has 140 valence electrons. The molecule has 2 aromatic carbocycles. The van der Waals surface area contributed by atoms with E-state index >= 15 is 0 Å². The van der Waals surface area contributed by atoms with Crippen molar-refractivity contribution in [2.24, 2.45) is 0 Å². The first-order valence-electron chi connectivity index (χ1n) is 8.25. The highest BCUT2D eigenvalue weighted by Crippen LogP contribution is 2.28. The van der Waals surface area contributed by atoms with E-state index in [0.717, 1.165) is 15.4 Å². The number of methoxy groups -OCH3 is 2. The van der Waals surface area contributed by atoms with Crippen LogP contribution in [0.4, 0.5) is 11.6 Å². The van der Waals surface area contributed by atoms with E-state index in [-0.39, 0.29) is 5.91 Å². The number of hydrogen-bond acceptors (Lipinski definition) is 6. The van der Waals surface area contributed by atoms with Crippen LogP contribution in [0.3, 0.4) is 0 Å². The number of hydrogen-bond donors (Lipinski definition) is 2. The first-order chi connectivity index (χ1) is 13.1. The van der Waals surface area contributed by atoms with E-state index in [0.29, 0.717) is 36.1 Å². The molecule has 0 radical (unpaired) electrons. The van der Waals surface area contributed by atoms with Gasteiger partial charge in [0.05, 0.1) is 24.9 Å². The van der Waals surface area contributed by atoms with Gasteiger partial charge in [-0.05, 0) is 36.4 Å². The number of benzene rings is 2. The molecule has 3 rings (SSSR count). The van der Waals surface area contributed by atoms with Crippen molar-refractivity contribution < 1.29 is 14.3 Å². The Morgan fingerprint density at radius 1 is 1.19 bits per heavy atom. The van der Waals surface area contributed by atoms with E-state index in [1.54, 1.807) is 38.6 Å². The number of fused-ring (bicyclic) bond motifs is 1. The van der Waals surface area contributed by atoms with Crippen molar-refractivity contribution in [3.05, 3.63) is 52.6 Å². The Morgan fingerprint density at radius 2 is 2.04 bits per heavy atom. The summed E-state index contributed by atoms with van der Waals surface area (Å²) in [6.45, 7) is 0.900. The summed E-state index contributed by atoms with van der Waals surface area (Å²) >= 11 is 3.43. The van der Waals surface area contributed by atoms with Crippen molar-refractivity contribution in [3.63, 3.8) is 0 Å². The zero-order valence-corrected chi connectivity index (χ0v) is 16.5. The van der Waals surface area contributed by atoms with Gasteiger partial charge in [-0.1, -0.05) is 15.9 Å². The lowest BCUT2D eigenvalue weighted by atomic mass is 10.1. The van der Waals surface area contributed by atoms with Gasteiger partial charge in [-0.15, -0.1) is 0 Å². The van der Waals surface area contributed by atoms with Crippen molar-refractivity contribution in [3.8, 4) is 5.75 Å². The minimum absolute atomic E-state index is 0.190. The molecule has 1 amide bonds. The summed E-state index contributed by atoms with van der Waals surface area (Å²) in [5.74, 6) is 0.777. The monoisotopic (exact) mass is 430 g/mol. The van der Waals surface area contributed by atoms with Gasteiger partial charge in [0.25, 0.3) is 5.91 Å². The van der Waals surface area contributed by atoms with Crippen molar-refractivity contribution >= 4 is 44.4 Å². The van der Waals surface area contributed by atoms with Gasteiger partial charge >= 0.3 is 0 Å². The molecule has 0 aliphatic carbocycles. The third-order valence-electron chi connectivity index (χ3n) is 3.84. The van der Waals surface area contributed by atoms with Gasteiger partial charge in [-0.2, -0.15) is 0 Å². The maximum atomic E-state index is 12.2. The third-order valence-corrected chi connectivity index (χ3v) is 4.34. The summed E-state index contributed by atoms with van der Waals surface area (Å²) < 4.78 is 11.3. The quantitative estimate of drug-likeness (QED) is 0.557. The summed E-state index contributed by atoms with van der Waals surface area (Å²) in [4.78, 5) is 21.0. The number of amides is 1. The number of halogens is 1. The second kappa shape index (κ2) is 8.79. The van der Waals surface area contributed by atoms with Crippen LogP contribution in [-0.4, -0.2) is 43.2 Å². The average Bonchev–Trinajstić information content (AvgIpc) is 2.68. The van der Waals surface area contributed by atoms with Gasteiger partial charge in [0.2, 0.25) is 5.95 Å². The molecular weight excluding hydrogens is 412 g/mol. The topological polar surface area (TPSA) is 85.4 Å². The van der Waals surface area contributed by atoms with Gasteiger partial charge in [0.15, 0.2) is 0 Å². The van der Waals surface area contributed by atoms with E-state index in [1.807, 2.05) is 18.2 Å². The molecule has 7 nitrogen and oxygen atoms in total. The molecule has 1 aromatic heterocycles. The van der Waals surface area contributed by atoms with Crippen molar-refractivity contribution in [1.82, 2.24) is 15.3 Å². The van der Waals surface area contributed by atoms with E-state index in [4.69, 9.17) is 9.47 Å². The van der Waals surface area contributed by atoms with Gasteiger partial charge < -0.3 is 20.1 Å². The molecule has 8 heteroatoms. The maximum absolute atomic E-state index is 12.2. The number of ether oxygens (including phenoxy) is 2. The number of rotatable bonds is 7. The predicted octanol–water partition coefficient (Wildman–Crippen LogP) is 3.52. The Bertz CT molecular complexity index is 965. The van der Waals surface area contributed by atoms with Crippen LogP contribution in [0.15, 0.2) is 47.1 Å². The van der Waals surface area contributed by atoms with E-state index in [2.05, 4.69) is 36.5 Å². The Hall–Kier alpha value is -2.71. The standard InChI is InChI=1S/C19H19BrN4O3/c1-26-8-7-21-18(25)12-3-5-16(17(10-12)27-2)24-19-22-11-13-9-14(20)4-6-15(13)23-19/h3-6,9-11H,7-8H2,1-2H3,(H,21,25)(H,22,23,24). The first kappa shape index (κ1) is 19.1. The average molecular weight is 431 g/mol. The van der Waals surface area contributed by atoms with Crippen LogP contribution in [0.5, 0.6) is 5.75 Å². The van der Waals surface area contributed by atoms with Crippen LogP contribution < -0.4 is 15.4 Å². The number of carbonyl (C=O) groups excluding carboxylic acids is 1. The normalized spacial score (nSPS) is 10.6. The highest BCUT2D eigenvalue weighted by atomic mass is 79.9. The number of carbonyl (C=O) groups is 1. The Morgan fingerprint density at radius 3 is 2.81 bits per heavy atom. The SMILES string of the molecule is COCCNC(=O)c1ccc(Nc2ncc3cc(Br)ccc3n2)c(OC)c1. The smallest absolute Gasteiger partial charge is 0.251 e.